The Morgan fingerprint density at radius 1 is 1.27 bits per heavy atom. The molecule has 0 atom stereocenters. The number of benzene rings is 2. The van der Waals surface area contributed by atoms with Crippen LogP contribution >= 0.6 is 11.6 Å². The molecule has 3 rings (SSSR count). The zero-order chi connectivity index (χ0) is 15.9. The molecule has 1 amide bonds. The smallest absolute Gasteiger partial charge is 0.258 e. The molecule has 1 aliphatic heterocycles. The third-order valence-corrected chi connectivity index (χ3v) is 4.10. The summed E-state index contributed by atoms with van der Waals surface area (Å²) in [5.74, 6) is -1.05. The van der Waals surface area contributed by atoms with E-state index in [0.29, 0.717) is 11.3 Å². The van der Waals surface area contributed by atoms with Crippen molar-refractivity contribution >= 4 is 29.0 Å². The van der Waals surface area contributed by atoms with Crippen molar-refractivity contribution in [2.24, 2.45) is 0 Å². The largest absolute Gasteiger partial charge is 0.307 e. The Morgan fingerprint density at radius 3 is 2.73 bits per heavy atom. The van der Waals surface area contributed by atoms with Crippen LogP contribution in [0.15, 0.2) is 36.4 Å². The molecule has 5 heteroatoms. The fourth-order valence-corrected chi connectivity index (χ4v) is 2.78. The van der Waals surface area contributed by atoms with Gasteiger partial charge in [-0.25, -0.2) is 4.39 Å². The van der Waals surface area contributed by atoms with Crippen LogP contribution in [0.3, 0.4) is 0 Å². The number of Topliss-reactive ketones (excluding diaryl/α,β-unsaturated/α-hetero) is 1. The standard InChI is InChI=1S/C17H13ClFNO2/c1-10-4-2-3-5-11(10)17(22)20-7-6-16(21)12-8-14(19)13(18)9-15(12)20/h2-5,8-9H,6-7H2,1H3. The zero-order valence-corrected chi connectivity index (χ0v) is 12.7. The molecule has 2 aromatic rings. The fourth-order valence-electron chi connectivity index (χ4n) is 2.62. The van der Waals surface area contributed by atoms with Crippen molar-refractivity contribution in [1.82, 2.24) is 0 Å². The van der Waals surface area contributed by atoms with E-state index in [9.17, 15) is 14.0 Å². The minimum absolute atomic E-state index is 0.101. The van der Waals surface area contributed by atoms with Crippen molar-refractivity contribution in [3.8, 4) is 0 Å². The average molecular weight is 318 g/mol. The minimum atomic E-state index is -0.654. The molecule has 0 bridgehead atoms. The lowest BCUT2D eigenvalue weighted by atomic mass is 9.98. The van der Waals surface area contributed by atoms with Crippen LogP contribution in [0.25, 0.3) is 0 Å². The Balaban J connectivity index is 2.09. The van der Waals surface area contributed by atoms with Crippen molar-refractivity contribution in [2.75, 3.05) is 11.4 Å². The van der Waals surface area contributed by atoms with Crippen LogP contribution in [0.4, 0.5) is 10.1 Å². The Bertz CT molecular complexity index is 788. The minimum Gasteiger partial charge on any atom is -0.307 e. The Hall–Kier alpha value is -2.20. The molecule has 22 heavy (non-hydrogen) atoms. The summed E-state index contributed by atoms with van der Waals surface area (Å²) < 4.78 is 13.6. The van der Waals surface area contributed by atoms with E-state index in [4.69, 9.17) is 11.6 Å². The molecule has 0 radical (unpaired) electrons. The molecule has 2 aromatic carbocycles. The van der Waals surface area contributed by atoms with Gasteiger partial charge in [0.05, 0.1) is 10.7 Å². The van der Waals surface area contributed by atoms with E-state index in [2.05, 4.69) is 0 Å². The SMILES string of the molecule is Cc1ccccc1C(=O)N1CCC(=O)c2cc(F)c(Cl)cc21. The fraction of sp³-hybridized carbons (Fsp3) is 0.176. The van der Waals surface area contributed by atoms with Gasteiger partial charge in [0.15, 0.2) is 5.78 Å². The third-order valence-electron chi connectivity index (χ3n) is 3.81. The average Bonchev–Trinajstić information content (AvgIpc) is 2.50. The Kier molecular flexibility index (Phi) is 3.71. The van der Waals surface area contributed by atoms with Gasteiger partial charge in [0, 0.05) is 24.1 Å². The molecule has 0 saturated carbocycles. The number of aryl methyl sites for hydroxylation is 1. The molecule has 112 valence electrons. The van der Waals surface area contributed by atoms with Gasteiger partial charge in [-0.05, 0) is 30.7 Å². The first-order chi connectivity index (χ1) is 10.5. The van der Waals surface area contributed by atoms with E-state index in [1.54, 1.807) is 12.1 Å². The van der Waals surface area contributed by atoms with Crippen molar-refractivity contribution in [3.05, 3.63) is 63.9 Å². The highest BCUT2D eigenvalue weighted by Gasteiger charge is 2.29. The first-order valence-corrected chi connectivity index (χ1v) is 7.26. The van der Waals surface area contributed by atoms with Gasteiger partial charge < -0.3 is 4.90 Å². The van der Waals surface area contributed by atoms with E-state index >= 15 is 0 Å². The molecule has 3 nitrogen and oxygen atoms in total. The highest BCUT2D eigenvalue weighted by atomic mass is 35.5. The lowest BCUT2D eigenvalue weighted by Gasteiger charge is -2.29. The van der Waals surface area contributed by atoms with Crippen LogP contribution in [-0.2, 0) is 0 Å². The van der Waals surface area contributed by atoms with Crippen LogP contribution in [0.2, 0.25) is 5.02 Å². The van der Waals surface area contributed by atoms with Gasteiger partial charge in [0.25, 0.3) is 5.91 Å². The number of halogens is 2. The molecule has 0 fully saturated rings. The van der Waals surface area contributed by atoms with E-state index in [1.165, 1.54) is 11.0 Å². The highest BCUT2D eigenvalue weighted by Crippen LogP contribution is 2.33. The number of hydrogen-bond donors (Lipinski definition) is 0. The quantitative estimate of drug-likeness (QED) is 0.796. The summed E-state index contributed by atoms with van der Waals surface area (Å²) in [6, 6.07) is 9.68. The second kappa shape index (κ2) is 5.54. The Labute approximate surface area is 132 Å². The Morgan fingerprint density at radius 2 is 2.00 bits per heavy atom. The van der Waals surface area contributed by atoms with Crippen molar-refractivity contribution < 1.29 is 14.0 Å². The molecule has 0 aromatic heterocycles. The number of carbonyl (C=O) groups is 2. The summed E-state index contributed by atoms with van der Waals surface area (Å²) in [7, 11) is 0. The zero-order valence-electron chi connectivity index (χ0n) is 11.9. The molecular weight excluding hydrogens is 305 g/mol. The van der Waals surface area contributed by atoms with Crippen LogP contribution in [0, 0.1) is 12.7 Å². The van der Waals surface area contributed by atoms with E-state index in [1.807, 2.05) is 19.1 Å². The van der Waals surface area contributed by atoms with Gasteiger partial charge in [-0.15, -0.1) is 0 Å². The maximum Gasteiger partial charge on any atom is 0.258 e. The summed E-state index contributed by atoms with van der Waals surface area (Å²) in [6.45, 7) is 2.11. The summed E-state index contributed by atoms with van der Waals surface area (Å²) in [5.41, 5.74) is 1.98. The molecule has 0 spiro atoms. The monoisotopic (exact) mass is 317 g/mol. The number of hydrogen-bond acceptors (Lipinski definition) is 2. The molecule has 0 saturated heterocycles. The lowest BCUT2D eigenvalue weighted by Crippen LogP contribution is -2.37. The van der Waals surface area contributed by atoms with Gasteiger partial charge in [0.1, 0.15) is 5.82 Å². The summed E-state index contributed by atoms with van der Waals surface area (Å²) in [6.07, 6.45) is 0.172. The second-order valence-electron chi connectivity index (χ2n) is 5.23. The predicted octanol–water partition coefficient (Wildman–Crippen LogP) is 4.02. The molecule has 1 aliphatic rings. The van der Waals surface area contributed by atoms with Gasteiger partial charge >= 0.3 is 0 Å². The number of carbonyl (C=O) groups excluding carboxylic acids is 2. The van der Waals surface area contributed by atoms with Gasteiger partial charge in [-0.3, -0.25) is 9.59 Å². The maximum absolute atomic E-state index is 13.6. The van der Waals surface area contributed by atoms with E-state index in [-0.39, 0.29) is 35.2 Å². The normalized spacial score (nSPS) is 14.0. The highest BCUT2D eigenvalue weighted by molar-refractivity contribution is 6.31. The van der Waals surface area contributed by atoms with Crippen LogP contribution in [-0.4, -0.2) is 18.2 Å². The number of rotatable bonds is 1. The van der Waals surface area contributed by atoms with Crippen LogP contribution in [0.1, 0.15) is 32.7 Å². The third kappa shape index (κ3) is 2.40. The van der Waals surface area contributed by atoms with Crippen LogP contribution < -0.4 is 4.90 Å². The van der Waals surface area contributed by atoms with Gasteiger partial charge in [-0.1, -0.05) is 29.8 Å². The second-order valence-corrected chi connectivity index (χ2v) is 5.64. The molecule has 0 N–H and O–H groups in total. The lowest BCUT2D eigenvalue weighted by molar-refractivity contribution is 0.0954. The van der Waals surface area contributed by atoms with E-state index in [0.717, 1.165) is 11.6 Å². The predicted molar refractivity (Wildman–Crippen MR) is 83.2 cm³/mol. The van der Waals surface area contributed by atoms with Gasteiger partial charge in [0.2, 0.25) is 0 Å². The van der Waals surface area contributed by atoms with Crippen molar-refractivity contribution in [3.63, 3.8) is 0 Å². The molecule has 0 aliphatic carbocycles. The van der Waals surface area contributed by atoms with Crippen molar-refractivity contribution in [1.29, 1.82) is 0 Å². The van der Waals surface area contributed by atoms with E-state index < -0.39 is 5.82 Å². The van der Waals surface area contributed by atoms with Crippen molar-refractivity contribution in [2.45, 2.75) is 13.3 Å². The first-order valence-electron chi connectivity index (χ1n) is 6.89. The van der Waals surface area contributed by atoms with Crippen LogP contribution in [0.5, 0.6) is 0 Å². The number of fused-ring (bicyclic) bond motifs is 1. The molecule has 1 heterocycles. The molecular formula is C17H13ClFNO2. The number of amides is 1. The summed E-state index contributed by atoms with van der Waals surface area (Å²) >= 11 is 5.82. The topological polar surface area (TPSA) is 37.4 Å². The number of anilines is 1. The van der Waals surface area contributed by atoms with Gasteiger partial charge in [-0.2, -0.15) is 0 Å². The molecule has 0 unspecified atom stereocenters. The first kappa shape index (κ1) is 14.7. The number of nitrogens with zero attached hydrogens (tertiary/aromatic N) is 1. The number of ketones is 1. The maximum atomic E-state index is 13.6. The summed E-state index contributed by atoms with van der Waals surface area (Å²) in [4.78, 5) is 26.2. The summed E-state index contributed by atoms with van der Waals surface area (Å²) in [5, 5.41) is -0.101.